The number of nitrogens with one attached hydrogen (secondary N) is 1. The van der Waals surface area contributed by atoms with Crippen LogP contribution in [0, 0.1) is 19.8 Å². The van der Waals surface area contributed by atoms with E-state index >= 15 is 0 Å². The number of carbonyl (C=O) groups excluding carboxylic acids is 3. The van der Waals surface area contributed by atoms with Crippen molar-refractivity contribution in [3.8, 4) is 0 Å². The van der Waals surface area contributed by atoms with Crippen LogP contribution in [-0.2, 0) is 9.59 Å². The van der Waals surface area contributed by atoms with Crippen molar-refractivity contribution >= 4 is 17.7 Å². The second-order valence-corrected chi connectivity index (χ2v) is 7.45. The molecular formula is C19H28N4O4. The minimum atomic E-state index is -0.176. The SMILES string of the molecule is CC(=O)N1CCN(C(=O)c2c(C)noc2C)CCNC(=O)[C@H]2CCCC[C@H]21. The predicted octanol–water partition coefficient (Wildman–Crippen LogP) is 1.27. The maximum atomic E-state index is 13.0. The van der Waals surface area contributed by atoms with Crippen LogP contribution in [0.5, 0.6) is 0 Å². The maximum Gasteiger partial charge on any atom is 0.259 e. The lowest BCUT2D eigenvalue weighted by molar-refractivity contribution is -0.137. The topological polar surface area (TPSA) is 95.8 Å². The summed E-state index contributed by atoms with van der Waals surface area (Å²) in [6, 6.07) is -0.0923. The second kappa shape index (κ2) is 8.10. The number of aryl methyl sites for hydroxylation is 2. The number of carbonyl (C=O) groups is 3. The fraction of sp³-hybridized carbons (Fsp3) is 0.684. The summed E-state index contributed by atoms with van der Waals surface area (Å²) in [4.78, 5) is 41.4. The van der Waals surface area contributed by atoms with Crippen LogP contribution in [0.1, 0.15) is 54.4 Å². The molecule has 2 atom stereocenters. The zero-order valence-electron chi connectivity index (χ0n) is 16.3. The van der Waals surface area contributed by atoms with Gasteiger partial charge in [0.1, 0.15) is 11.3 Å². The van der Waals surface area contributed by atoms with Gasteiger partial charge in [-0.3, -0.25) is 14.4 Å². The Morgan fingerprint density at radius 3 is 2.56 bits per heavy atom. The first-order valence-electron chi connectivity index (χ1n) is 9.67. The van der Waals surface area contributed by atoms with Crippen LogP contribution in [0.4, 0.5) is 0 Å². The summed E-state index contributed by atoms with van der Waals surface area (Å²) in [7, 11) is 0. The molecule has 3 rings (SSSR count). The van der Waals surface area contributed by atoms with Gasteiger partial charge in [0.2, 0.25) is 11.8 Å². The standard InChI is InChI=1S/C19H28N4O4/c1-12-17(13(2)27-21-12)19(26)22-9-8-20-18(25)15-6-4-5-7-16(15)23(11-10-22)14(3)24/h15-16H,4-11H2,1-3H3,(H,20,25)/t15-,16+/m0/s1. The third-order valence-electron chi connectivity index (χ3n) is 5.70. The summed E-state index contributed by atoms with van der Waals surface area (Å²) in [6.07, 6.45) is 3.66. The highest BCUT2D eigenvalue weighted by Crippen LogP contribution is 2.29. The number of amides is 3. The summed E-state index contributed by atoms with van der Waals surface area (Å²) in [5, 5.41) is 6.82. The Labute approximate surface area is 159 Å². The zero-order chi connectivity index (χ0) is 19.6. The number of hydrogen-bond donors (Lipinski definition) is 1. The van der Waals surface area contributed by atoms with Crippen LogP contribution in [-0.4, -0.2) is 64.9 Å². The lowest BCUT2D eigenvalue weighted by Gasteiger charge is -2.40. The molecule has 8 nitrogen and oxygen atoms in total. The molecule has 0 radical (unpaired) electrons. The molecule has 1 aromatic rings. The fourth-order valence-electron chi connectivity index (χ4n) is 4.28. The Morgan fingerprint density at radius 1 is 1.15 bits per heavy atom. The van der Waals surface area contributed by atoms with Crippen molar-refractivity contribution in [2.45, 2.75) is 52.5 Å². The minimum Gasteiger partial charge on any atom is -0.361 e. The third-order valence-corrected chi connectivity index (χ3v) is 5.70. The lowest BCUT2D eigenvalue weighted by Crippen LogP contribution is -2.55. The molecule has 1 saturated carbocycles. The molecular weight excluding hydrogens is 348 g/mol. The van der Waals surface area contributed by atoms with E-state index in [1.807, 2.05) is 0 Å². The highest BCUT2D eigenvalue weighted by Gasteiger charge is 2.37. The molecule has 1 N–H and O–H groups in total. The molecule has 0 bridgehead atoms. The van der Waals surface area contributed by atoms with E-state index in [0.717, 1.165) is 25.7 Å². The molecule has 0 aromatic carbocycles. The summed E-state index contributed by atoms with van der Waals surface area (Å²) in [5.41, 5.74) is 1.01. The van der Waals surface area contributed by atoms with Gasteiger partial charge >= 0.3 is 0 Å². The van der Waals surface area contributed by atoms with E-state index in [1.165, 1.54) is 6.92 Å². The Hall–Kier alpha value is -2.38. The van der Waals surface area contributed by atoms with Crippen molar-refractivity contribution in [2.75, 3.05) is 26.2 Å². The van der Waals surface area contributed by atoms with E-state index in [1.54, 1.807) is 23.6 Å². The number of rotatable bonds is 1. The van der Waals surface area contributed by atoms with E-state index in [2.05, 4.69) is 10.5 Å². The van der Waals surface area contributed by atoms with Gasteiger partial charge in [-0.25, -0.2) is 0 Å². The smallest absolute Gasteiger partial charge is 0.259 e. The maximum absolute atomic E-state index is 13.0. The fourth-order valence-corrected chi connectivity index (χ4v) is 4.28. The summed E-state index contributed by atoms with van der Waals surface area (Å²) >= 11 is 0. The highest BCUT2D eigenvalue weighted by atomic mass is 16.5. The molecule has 8 heteroatoms. The number of hydrogen-bond acceptors (Lipinski definition) is 5. The van der Waals surface area contributed by atoms with E-state index in [4.69, 9.17) is 4.52 Å². The van der Waals surface area contributed by atoms with Crippen LogP contribution in [0.25, 0.3) is 0 Å². The van der Waals surface area contributed by atoms with Gasteiger partial charge in [0.05, 0.1) is 11.6 Å². The molecule has 2 aliphatic rings. The van der Waals surface area contributed by atoms with Gasteiger partial charge in [0, 0.05) is 39.1 Å². The van der Waals surface area contributed by atoms with Gasteiger partial charge in [0.25, 0.3) is 5.91 Å². The second-order valence-electron chi connectivity index (χ2n) is 7.45. The van der Waals surface area contributed by atoms with Crippen LogP contribution < -0.4 is 5.32 Å². The molecule has 0 spiro atoms. The summed E-state index contributed by atoms with van der Waals surface area (Å²) in [5.74, 6) is 0.0780. The van der Waals surface area contributed by atoms with Crippen molar-refractivity contribution < 1.29 is 18.9 Å². The van der Waals surface area contributed by atoms with Crippen molar-refractivity contribution in [3.63, 3.8) is 0 Å². The number of fused-ring (bicyclic) bond motifs is 1. The monoisotopic (exact) mass is 376 g/mol. The van der Waals surface area contributed by atoms with Crippen molar-refractivity contribution in [1.82, 2.24) is 20.3 Å². The Balaban J connectivity index is 1.83. The van der Waals surface area contributed by atoms with Crippen molar-refractivity contribution in [2.24, 2.45) is 5.92 Å². The molecule has 1 aliphatic heterocycles. The highest BCUT2D eigenvalue weighted by molar-refractivity contribution is 5.96. The van der Waals surface area contributed by atoms with Crippen LogP contribution in [0.15, 0.2) is 4.52 Å². The van der Waals surface area contributed by atoms with E-state index < -0.39 is 0 Å². The van der Waals surface area contributed by atoms with Crippen molar-refractivity contribution in [3.05, 3.63) is 17.0 Å². The summed E-state index contributed by atoms with van der Waals surface area (Å²) < 4.78 is 5.12. The van der Waals surface area contributed by atoms with Gasteiger partial charge < -0.3 is 19.6 Å². The molecule has 2 heterocycles. The average Bonchev–Trinajstić information content (AvgIpc) is 2.98. The molecule has 3 amide bonds. The molecule has 2 fully saturated rings. The van der Waals surface area contributed by atoms with Gasteiger partial charge in [-0.15, -0.1) is 0 Å². The largest absolute Gasteiger partial charge is 0.361 e. The van der Waals surface area contributed by atoms with E-state index in [9.17, 15) is 14.4 Å². The van der Waals surface area contributed by atoms with Crippen LogP contribution in [0.3, 0.4) is 0 Å². The van der Waals surface area contributed by atoms with Gasteiger partial charge in [-0.05, 0) is 26.7 Å². The number of aromatic nitrogens is 1. The van der Waals surface area contributed by atoms with E-state index in [-0.39, 0.29) is 29.7 Å². The predicted molar refractivity (Wildman–Crippen MR) is 98.0 cm³/mol. The zero-order valence-corrected chi connectivity index (χ0v) is 16.3. The van der Waals surface area contributed by atoms with Crippen molar-refractivity contribution in [1.29, 1.82) is 0 Å². The normalized spacial score (nSPS) is 24.2. The Bertz CT molecular complexity index is 710. The Kier molecular flexibility index (Phi) is 5.82. The van der Waals surface area contributed by atoms with Gasteiger partial charge in [-0.2, -0.15) is 0 Å². The van der Waals surface area contributed by atoms with Gasteiger partial charge in [0.15, 0.2) is 0 Å². The quantitative estimate of drug-likeness (QED) is 0.796. The molecule has 1 saturated heterocycles. The first-order chi connectivity index (χ1) is 12.9. The molecule has 1 aromatic heterocycles. The van der Waals surface area contributed by atoms with Crippen LogP contribution in [0.2, 0.25) is 0 Å². The third kappa shape index (κ3) is 3.99. The van der Waals surface area contributed by atoms with E-state index in [0.29, 0.717) is 43.2 Å². The molecule has 27 heavy (non-hydrogen) atoms. The number of nitrogens with zero attached hydrogens (tertiary/aromatic N) is 3. The van der Waals surface area contributed by atoms with Gasteiger partial charge in [-0.1, -0.05) is 18.0 Å². The molecule has 148 valence electrons. The first-order valence-corrected chi connectivity index (χ1v) is 9.67. The molecule has 0 unspecified atom stereocenters. The summed E-state index contributed by atoms with van der Waals surface area (Å²) in [6.45, 7) is 6.62. The minimum absolute atomic E-state index is 0.0161. The Morgan fingerprint density at radius 2 is 1.89 bits per heavy atom. The molecule has 1 aliphatic carbocycles. The average molecular weight is 376 g/mol. The van der Waals surface area contributed by atoms with Crippen LogP contribution >= 0.6 is 0 Å². The first kappa shape index (κ1) is 19.4. The lowest BCUT2D eigenvalue weighted by atomic mass is 9.82.